The van der Waals surface area contributed by atoms with Crippen LogP contribution in [-0.4, -0.2) is 23.2 Å². The zero-order valence-electron chi connectivity index (χ0n) is 17.1. The molecule has 6 nitrogen and oxygen atoms in total. The molecule has 1 aromatic carbocycles. The van der Waals surface area contributed by atoms with Gasteiger partial charge < -0.3 is 9.47 Å². The molecule has 0 N–H and O–H groups in total. The average Bonchev–Trinajstić information content (AvgIpc) is 3.17. The Labute approximate surface area is 193 Å². The molecule has 0 amide bonds. The Kier molecular flexibility index (Phi) is 7.09. The van der Waals surface area contributed by atoms with Gasteiger partial charge >= 0.3 is 0 Å². The van der Waals surface area contributed by atoms with Crippen LogP contribution in [-0.2, 0) is 19.4 Å². The molecule has 3 aromatic rings. The Bertz CT molecular complexity index is 1110. The molecule has 0 atom stereocenters. The van der Waals surface area contributed by atoms with E-state index in [0.717, 1.165) is 33.1 Å². The summed E-state index contributed by atoms with van der Waals surface area (Å²) in [5.74, 6) is 1.98. The fourth-order valence-electron chi connectivity index (χ4n) is 3.56. The molecule has 0 unspecified atom stereocenters. The molecule has 1 aliphatic rings. The molecule has 2 aromatic heterocycles. The lowest BCUT2D eigenvalue weighted by Gasteiger charge is -2.13. The number of aryl methyl sites for hydroxylation is 2. The molecule has 0 bridgehead atoms. The molecule has 0 spiro atoms. The van der Waals surface area contributed by atoms with Crippen LogP contribution in [0.5, 0.6) is 11.5 Å². The fourth-order valence-corrected chi connectivity index (χ4v) is 5.24. The zero-order chi connectivity index (χ0) is 21.6. The smallest absolute Gasteiger partial charge is 0.186 e. The summed E-state index contributed by atoms with van der Waals surface area (Å²) in [6, 6.07) is 3.85. The molecular formula is C23H23BrN4O2S. The van der Waals surface area contributed by atoms with Crippen molar-refractivity contribution in [2.45, 2.75) is 32.2 Å². The third kappa shape index (κ3) is 4.85. The van der Waals surface area contributed by atoms with E-state index in [1.807, 2.05) is 12.1 Å². The number of benzene rings is 1. The highest BCUT2D eigenvalue weighted by molar-refractivity contribution is 9.10. The molecule has 1 aliphatic carbocycles. The summed E-state index contributed by atoms with van der Waals surface area (Å²) >= 11 is 5.31. The highest BCUT2D eigenvalue weighted by Gasteiger charge is 2.19. The molecule has 0 radical (unpaired) electrons. The molecule has 0 saturated heterocycles. The van der Waals surface area contributed by atoms with E-state index in [2.05, 4.69) is 49.3 Å². The number of ether oxygens (including phenoxy) is 2. The van der Waals surface area contributed by atoms with Crippen molar-refractivity contribution in [3.05, 3.63) is 64.2 Å². The van der Waals surface area contributed by atoms with E-state index < -0.39 is 0 Å². The standard InChI is InChI=1S/C23H23BrN4O2S/c1-3-9-29-17-11-15(12-18(21(17)24)30-10-4-2)13-27-28-22-20-16-7-5-6-8-19(16)31-23(20)26-14-25-22/h3-4,11-12,14H,1-2,5-10,13H2. The van der Waals surface area contributed by atoms with Gasteiger partial charge in [-0.3, -0.25) is 0 Å². The monoisotopic (exact) mass is 498 g/mol. The number of rotatable bonds is 9. The number of aromatic nitrogens is 2. The van der Waals surface area contributed by atoms with E-state index in [1.54, 1.807) is 29.8 Å². The molecule has 160 valence electrons. The summed E-state index contributed by atoms with van der Waals surface area (Å²) in [5, 5.41) is 9.97. The van der Waals surface area contributed by atoms with Gasteiger partial charge in [-0.05, 0) is 64.9 Å². The van der Waals surface area contributed by atoms with E-state index in [-0.39, 0.29) is 0 Å². The fraction of sp³-hybridized carbons (Fsp3) is 0.304. The number of hydrogen-bond acceptors (Lipinski definition) is 7. The van der Waals surface area contributed by atoms with E-state index in [0.29, 0.717) is 37.1 Å². The number of nitrogens with zero attached hydrogens (tertiary/aromatic N) is 4. The Balaban J connectivity index is 1.60. The van der Waals surface area contributed by atoms with Crippen molar-refractivity contribution in [2.24, 2.45) is 10.2 Å². The zero-order valence-corrected chi connectivity index (χ0v) is 19.5. The predicted octanol–water partition coefficient (Wildman–Crippen LogP) is 6.75. The number of fused-ring (bicyclic) bond motifs is 3. The molecule has 31 heavy (non-hydrogen) atoms. The quantitative estimate of drug-likeness (QED) is 0.241. The minimum Gasteiger partial charge on any atom is -0.488 e. The molecule has 0 fully saturated rings. The van der Waals surface area contributed by atoms with Crippen LogP contribution < -0.4 is 9.47 Å². The molecule has 2 heterocycles. The minimum atomic E-state index is 0.375. The van der Waals surface area contributed by atoms with E-state index in [9.17, 15) is 0 Å². The van der Waals surface area contributed by atoms with Crippen LogP contribution in [0.2, 0.25) is 0 Å². The van der Waals surface area contributed by atoms with Crippen LogP contribution >= 0.6 is 27.3 Å². The lowest BCUT2D eigenvalue weighted by atomic mass is 9.97. The van der Waals surface area contributed by atoms with Gasteiger partial charge in [-0.1, -0.05) is 25.3 Å². The molecule has 4 rings (SSSR count). The lowest BCUT2D eigenvalue weighted by molar-refractivity contribution is 0.340. The van der Waals surface area contributed by atoms with Crippen LogP contribution in [0.25, 0.3) is 10.2 Å². The van der Waals surface area contributed by atoms with Crippen LogP contribution in [0.15, 0.2) is 58.5 Å². The van der Waals surface area contributed by atoms with Gasteiger partial charge in [-0.25, -0.2) is 9.97 Å². The second-order valence-electron chi connectivity index (χ2n) is 7.09. The van der Waals surface area contributed by atoms with Gasteiger partial charge in [0.2, 0.25) is 0 Å². The average molecular weight is 499 g/mol. The second-order valence-corrected chi connectivity index (χ2v) is 8.97. The first-order chi connectivity index (χ1) is 15.2. The van der Waals surface area contributed by atoms with Gasteiger partial charge in [-0.2, -0.15) is 5.11 Å². The van der Waals surface area contributed by atoms with Crippen LogP contribution in [0.4, 0.5) is 5.82 Å². The van der Waals surface area contributed by atoms with E-state index >= 15 is 0 Å². The molecular weight excluding hydrogens is 476 g/mol. The first-order valence-corrected chi connectivity index (χ1v) is 11.7. The van der Waals surface area contributed by atoms with Gasteiger partial charge in [0.15, 0.2) is 5.82 Å². The van der Waals surface area contributed by atoms with Crippen LogP contribution in [0.3, 0.4) is 0 Å². The van der Waals surface area contributed by atoms with E-state index in [1.165, 1.54) is 23.3 Å². The van der Waals surface area contributed by atoms with Gasteiger partial charge in [0.25, 0.3) is 0 Å². The Morgan fingerprint density at radius 3 is 2.48 bits per heavy atom. The highest BCUT2D eigenvalue weighted by atomic mass is 79.9. The minimum absolute atomic E-state index is 0.375. The summed E-state index contributed by atoms with van der Waals surface area (Å²) in [6.07, 6.45) is 9.58. The first-order valence-electron chi connectivity index (χ1n) is 10.1. The van der Waals surface area contributed by atoms with E-state index in [4.69, 9.17) is 9.47 Å². The Hall–Kier alpha value is -2.58. The first kappa shape index (κ1) is 21.6. The molecule has 0 aliphatic heterocycles. The SMILES string of the molecule is C=CCOc1cc(CN=Nc2ncnc3sc4c(c23)CCCC4)cc(OCC=C)c1Br. The molecule has 8 heteroatoms. The summed E-state index contributed by atoms with van der Waals surface area (Å²) in [4.78, 5) is 11.3. The van der Waals surface area contributed by atoms with Crippen LogP contribution in [0, 0.1) is 0 Å². The topological polar surface area (TPSA) is 69.0 Å². The maximum atomic E-state index is 5.76. The lowest BCUT2D eigenvalue weighted by Crippen LogP contribution is -2.00. The van der Waals surface area contributed by atoms with Crippen molar-refractivity contribution in [1.82, 2.24) is 9.97 Å². The van der Waals surface area contributed by atoms with Crippen LogP contribution in [0.1, 0.15) is 28.8 Å². The number of hydrogen-bond donors (Lipinski definition) is 0. The second kappa shape index (κ2) is 10.2. The number of thiophene rings is 1. The van der Waals surface area contributed by atoms with Crippen molar-refractivity contribution < 1.29 is 9.47 Å². The van der Waals surface area contributed by atoms with Crippen molar-refractivity contribution in [3.63, 3.8) is 0 Å². The van der Waals surface area contributed by atoms with Gasteiger partial charge in [0.05, 0.1) is 11.9 Å². The van der Waals surface area contributed by atoms with Crippen molar-refractivity contribution in [3.8, 4) is 11.5 Å². The van der Waals surface area contributed by atoms with Gasteiger partial charge in [0, 0.05) is 4.88 Å². The van der Waals surface area contributed by atoms with Crippen molar-refractivity contribution >= 4 is 43.3 Å². The van der Waals surface area contributed by atoms with Gasteiger partial charge in [-0.15, -0.1) is 16.5 Å². The summed E-state index contributed by atoms with van der Waals surface area (Å²) in [7, 11) is 0. The number of halogens is 1. The third-order valence-electron chi connectivity index (χ3n) is 4.93. The summed E-state index contributed by atoms with van der Waals surface area (Å²) in [6.45, 7) is 8.57. The molecule has 0 saturated carbocycles. The normalized spacial score (nSPS) is 13.3. The number of azo groups is 1. The predicted molar refractivity (Wildman–Crippen MR) is 128 cm³/mol. The third-order valence-corrected chi connectivity index (χ3v) is 6.91. The summed E-state index contributed by atoms with van der Waals surface area (Å²) in [5.41, 5.74) is 2.27. The maximum Gasteiger partial charge on any atom is 0.186 e. The van der Waals surface area contributed by atoms with Crippen molar-refractivity contribution in [1.29, 1.82) is 0 Å². The van der Waals surface area contributed by atoms with Crippen molar-refractivity contribution in [2.75, 3.05) is 13.2 Å². The largest absolute Gasteiger partial charge is 0.488 e. The maximum absolute atomic E-state index is 5.76. The highest BCUT2D eigenvalue weighted by Crippen LogP contribution is 2.39. The summed E-state index contributed by atoms with van der Waals surface area (Å²) < 4.78 is 12.3. The Morgan fingerprint density at radius 2 is 1.77 bits per heavy atom. The van der Waals surface area contributed by atoms with Gasteiger partial charge in [0.1, 0.15) is 40.3 Å². The Morgan fingerprint density at radius 1 is 1.06 bits per heavy atom.